The second-order valence-electron chi connectivity index (χ2n) is 1.66. The summed E-state index contributed by atoms with van der Waals surface area (Å²) in [6, 6.07) is 0. The highest BCUT2D eigenvalue weighted by Crippen LogP contribution is 1.99. The number of halogens is 1. The molecule has 0 fully saturated rings. The summed E-state index contributed by atoms with van der Waals surface area (Å²) in [5.41, 5.74) is 0. The summed E-state index contributed by atoms with van der Waals surface area (Å²) in [6.45, 7) is 0.863. The molecule has 0 saturated heterocycles. The first-order valence-electron chi connectivity index (χ1n) is 2.40. The van der Waals surface area contributed by atoms with E-state index in [1.54, 1.807) is 6.20 Å². The molecular formula is C5H7ClN2. The van der Waals surface area contributed by atoms with Crippen LogP contribution in [0.2, 0.25) is 0 Å². The molecule has 0 aromatic carbocycles. The standard InChI is InChI=1S/C5H7ClN2/c1-8-4-2-3-7-5(8)6/h2-3H,4H2,1H3. The van der Waals surface area contributed by atoms with Crippen LogP contribution in [0, 0.1) is 0 Å². The van der Waals surface area contributed by atoms with Crippen LogP contribution in [0.15, 0.2) is 17.3 Å². The summed E-state index contributed by atoms with van der Waals surface area (Å²) in [4.78, 5) is 5.70. The van der Waals surface area contributed by atoms with E-state index in [9.17, 15) is 0 Å². The van der Waals surface area contributed by atoms with Crippen LogP contribution < -0.4 is 0 Å². The van der Waals surface area contributed by atoms with Gasteiger partial charge in [0.05, 0.1) is 0 Å². The topological polar surface area (TPSA) is 15.6 Å². The first-order valence-corrected chi connectivity index (χ1v) is 2.78. The first kappa shape index (κ1) is 5.63. The molecule has 1 aliphatic rings. The highest BCUT2D eigenvalue weighted by molar-refractivity contribution is 6.64. The number of likely N-dealkylation sites (N-methyl/N-ethyl adjacent to an activating group) is 1. The van der Waals surface area contributed by atoms with Gasteiger partial charge in [0.2, 0.25) is 0 Å². The van der Waals surface area contributed by atoms with Crippen LogP contribution in [0.25, 0.3) is 0 Å². The van der Waals surface area contributed by atoms with Crippen molar-refractivity contribution < 1.29 is 0 Å². The largest absolute Gasteiger partial charge is 0.346 e. The molecule has 1 aliphatic heterocycles. The Morgan fingerprint density at radius 3 is 3.00 bits per heavy atom. The molecule has 0 aliphatic carbocycles. The van der Waals surface area contributed by atoms with Gasteiger partial charge in [-0.1, -0.05) is 0 Å². The van der Waals surface area contributed by atoms with Gasteiger partial charge in [-0.25, -0.2) is 4.99 Å². The van der Waals surface area contributed by atoms with Gasteiger partial charge in [0.25, 0.3) is 0 Å². The van der Waals surface area contributed by atoms with Crippen molar-refractivity contribution in [2.24, 2.45) is 4.99 Å². The molecule has 8 heavy (non-hydrogen) atoms. The summed E-state index contributed by atoms with van der Waals surface area (Å²) in [6.07, 6.45) is 3.66. The fourth-order valence-corrected chi connectivity index (χ4v) is 0.619. The van der Waals surface area contributed by atoms with Crippen molar-refractivity contribution in [2.45, 2.75) is 0 Å². The van der Waals surface area contributed by atoms with Crippen LogP contribution in [-0.2, 0) is 0 Å². The Labute approximate surface area is 53.5 Å². The number of nitrogens with zero attached hydrogens (tertiary/aromatic N) is 2. The lowest BCUT2D eigenvalue weighted by Crippen LogP contribution is -2.23. The van der Waals surface area contributed by atoms with Gasteiger partial charge in [0.15, 0.2) is 5.29 Å². The van der Waals surface area contributed by atoms with E-state index in [0.717, 1.165) is 6.54 Å². The van der Waals surface area contributed by atoms with Gasteiger partial charge in [0, 0.05) is 19.8 Å². The maximum atomic E-state index is 5.59. The van der Waals surface area contributed by atoms with E-state index in [4.69, 9.17) is 11.6 Å². The molecule has 0 aromatic heterocycles. The van der Waals surface area contributed by atoms with E-state index in [1.807, 2.05) is 18.0 Å². The number of rotatable bonds is 0. The van der Waals surface area contributed by atoms with Gasteiger partial charge in [-0.15, -0.1) is 0 Å². The number of amidine groups is 1. The molecule has 0 saturated carbocycles. The minimum Gasteiger partial charge on any atom is -0.346 e. The molecule has 0 atom stereocenters. The lowest BCUT2D eigenvalue weighted by molar-refractivity contribution is 0.567. The van der Waals surface area contributed by atoms with E-state index in [2.05, 4.69) is 4.99 Å². The van der Waals surface area contributed by atoms with Crippen molar-refractivity contribution >= 4 is 16.9 Å². The Kier molecular flexibility index (Phi) is 1.53. The summed E-state index contributed by atoms with van der Waals surface area (Å²) < 4.78 is 0. The van der Waals surface area contributed by atoms with Crippen LogP contribution >= 0.6 is 11.6 Å². The Morgan fingerprint density at radius 2 is 2.62 bits per heavy atom. The fourth-order valence-electron chi connectivity index (χ4n) is 0.493. The van der Waals surface area contributed by atoms with Gasteiger partial charge in [-0.05, 0) is 17.7 Å². The van der Waals surface area contributed by atoms with Crippen LogP contribution in [0.3, 0.4) is 0 Å². The molecular weight excluding hydrogens is 124 g/mol. The molecule has 1 heterocycles. The lowest BCUT2D eigenvalue weighted by atomic mass is 10.5. The Hall–Kier alpha value is -0.500. The van der Waals surface area contributed by atoms with E-state index < -0.39 is 0 Å². The average molecular weight is 131 g/mol. The van der Waals surface area contributed by atoms with E-state index in [-0.39, 0.29) is 0 Å². The predicted octanol–water partition coefficient (Wildman–Crippen LogP) is 1.04. The maximum Gasteiger partial charge on any atom is 0.198 e. The minimum absolute atomic E-state index is 0.563. The minimum atomic E-state index is 0.563. The summed E-state index contributed by atoms with van der Waals surface area (Å²) in [5.74, 6) is 0. The Morgan fingerprint density at radius 1 is 1.88 bits per heavy atom. The van der Waals surface area contributed by atoms with Gasteiger partial charge >= 0.3 is 0 Å². The van der Waals surface area contributed by atoms with E-state index in [0.29, 0.717) is 5.29 Å². The van der Waals surface area contributed by atoms with Crippen molar-refractivity contribution in [1.29, 1.82) is 0 Å². The lowest BCUT2D eigenvalue weighted by Gasteiger charge is -2.15. The smallest absolute Gasteiger partial charge is 0.198 e. The van der Waals surface area contributed by atoms with Crippen molar-refractivity contribution in [3.05, 3.63) is 12.3 Å². The molecule has 0 unspecified atom stereocenters. The van der Waals surface area contributed by atoms with E-state index >= 15 is 0 Å². The monoisotopic (exact) mass is 130 g/mol. The normalized spacial score (nSPS) is 18.8. The maximum absolute atomic E-state index is 5.59. The molecule has 2 nitrogen and oxygen atoms in total. The zero-order valence-corrected chi connectivity index (χ0v) is 5.39. The number of hydrogen-bond donors (Lipinski definition) is 0. The molecule has 0 N–H and O–H groups in total. The molecule has 0 radical (unpaired) electrons. The second kappa shape index (κ2) is 2.18. The average Bonchev–Trinajstić information content (AvgIpc) is 1.77. The molecule has 3 heteroatoms. The molecule has 0 bridgehead atoms. The molecule has 44 valence electrons. The molecule has 1 rings (SSSR count). The van der Waals surface area contributed by atoms with Gasteiger partial charge in [-0.3, -0.25) is 0 Å². The van der Waals surface area contributed by atoms with E-state index in [1.165, 1.54) is 0 Å². The van der Waals surface area contributed by atoms with Crippen molar-refractivity contribution in [2.75, 3.05) is 13.6 Å². The zero-order valence-electron chi connectivity index (χ0n) is 4.63. The second-order valence-corrected chi connectivity index (χ2v) is 2.00. The van der Waals surface area contributed by atoms with Crippen molar-refractivity contribution in [1.82, 2.24) is 4.90 Å². The zero-order chi connectivity index (χ0) is 5.98. The van der Waals surface area contributed by atoms with Crippen LogP contribution in [0.1, 0.15) is 0 Å². The molecule has 0 spiro atoms. The number of hydrogen-bond acceptors (Lipinski definition) is 2. The van der Waals surface area contributed by atoms with Crippen molar-refractivity contribution in [3.63, 3.8) is 0 Å². The fraction of sp³-hybridized carbons (Fsp3) is 0.400. The quantitative estimate of drug-likeness (QED) is 0.448. The van der Waals surface area contributed by atoms with Gasteiger partial charge in [-0.2, -0.15) is 0 Å². The number of aliphatic imine (C=N–C) groups is 1. The first-order chi connectivity index (χ1) is 3.80. The van der Waals surface area contributed by atoms with Crippen LogP contribution in [0.4, 0.5) is 0 Å². The summed E-state index contributed by atoms with van der Waals surface area (Å²) in [5, 5.41) is 0.563. The SMILES string of the molecule is CN1CC=CN=C1Cl. The third-order valence-corrected chi connectivity index (χ3v) is 1.37. The Balaban J connectivity index is 2.66. The summed E-state index contributed by atoms with van der Waals surface area (Å²) in [7, 11) is 1.90. The van der Waals surface area contributed by atoms with Gasteiger partial charge < -0.3 is 4.90 Å². The van der Waals surface area contributed by atoms with Crippen LogP contribution in [0.5, 0.6) is 0 Å². The Bertz CT molecular complexity index is 139. The third kappa shape index (κ3) is 1.01. The van der Waals surface area contributed by atoms with Crippen LogP contribution in [-0.4, -0.2) is 23.8 Å². The third-order valence-electron chi connectivity index (χ3n) is 0.981. The molecule has 0 aromatic rings. The predicted molar refractivity (Wildman–Crippen MR) is 35.1 cm³/mol. The van der Waals surface area contributed by atoms with Crippen molar-refractivity contribution in [3.8, 4) is 0 Å². The molecule has 0 amide bonds. The highest BCUT2D eigenvalue weighted by Gasteiger charge is 2.01. The highest BCUT2D eigenvalue weighted by atomic mass is 35.5. The summed E-state index contributed by atoms with van der Waals surface area (Å²) >= 11 is 5.59. The van der Waals surface area contributed by atoms with Gasteiger partial charge in [0.1, 0.15) is 0 Å².